The summed E-state index contributed by atoms with van der Waals surface area (Å²) in [5.74, 6) is 0. The van der Waals surface area contributed by atoms with Gasteiger partial charge in [-0.3, -0.25) is 4.90 Å². The molecule has 3 nitrogen and oxygen atoms in total. The van der Waals surface area contributed by atoms with Crippen LogP contribution in [0.3, 0.4) is 0 Å². The second-order valence-electron chi connectivity index (χ2n) is 3.85. The molecule has 1 amide bonds. The molecule has 0 unspecified atom stereocenters. The first-order chi connectivity index (χ1) is 6.08. The highest BCUT2D eigenvalue weighted by molar-refractivity contribution is 5.70. The first kappa shape index (κ1) is 10.1. The third kappa shape index (κ3) is 2.23. The van der Waals surface area contributed by atoms with Crippen LogP contribution in [0, 0.1) is 0 Å². The summed E-state index contributed by atoms with van der Waals surface area (Å²) in [5.41, 5.74) is -0.204. The summed E-state index contributed by atoms with van der Waals surface area (Å²) in [6.45, 7) is 6.91. The van der Waals surface area contributed by atoms with Gasteiger partial charge in [0.25, 0.3) is 0 Å². The molecule has 0 aromatic carbocycles. The standard InChI is InChI=1S/C10H17NO2/c1-4-5-7-11-9(12)13-8-6-10(11,2)3/h6,8H,4-5,7H2,1-3H3. The number of ether oxygens (including phenoxy) is 1. The van der Waals surface area contributed by atoms with Crippen LogP contribution >= 0.6 is 0 Å². The average molecular weight is 183 g/mol. The Labute approximate surface area is 79.4 Å². The average Bonchev–Trinajstić information content (AvgIpc) is 2.02. The van der Waals surface area contributed by atoms with Gasteiger partial charge >= 0.3 is 6.09 Å². The maximum absolute atomic E-state index is 11.4. The molecular weight excluding hydrogens is 166 g/mol. The van der Waals surface area contributed by atoms with Crippen LogP contribution in [-0.4, -0.2) is 23.1 Å². The predicted octanol–water partition coefficient (Wildman–Crippen LogP) is 2.53. The molecule has 1 rings (SSSR count). The van der Waals surface area contributed by atoms with Crippen molar-refractivity contribution in [3.63, 3.8) is 0 Å². The Bertz CT molecular complexity index is 221. The molecule has 0 bridgehead atoms. The van der Waals surface area contributed by atoms with Crippen molar-refractivity contribution in [3.05, 3.63) is 12.3 Å². The molecule has 0 saturated carbocycles. The van der Waals surface area contributed by atoms with Crippen LogP contribution in [0.15, 0.2) is 12.3 Å². The molecule has 13 heavy (non-hydrogen) atoms. The third-order valence-corrected chi connectivity index (χ3v) is 2.30. The Morgan fingerprint density at radius 3 is 2.77 bits per heavy atom. The molecular formula is C10H17NO2. The van der Waals surface area contributed by atoms with Gasteiger partial charge in [-0.2, -0.15) is 0 Å². The molecule has 74 valence electrons. The van der Waals surface area contributed by atoms with E-state index in [0.29, 0.717) is 0 Å². The molecule has 0 saturated heterocycles. The second kappa shape index (κ2) is 3.81. The van der Waals surface area contributed by atoms with E-state index in [1.165, 1.54) is 6.26 Å². The summed E-state index contributed by atoms with van der Waals surface area (Å²) in [4.78, 5) is 13.1. The number of hydrogen-bond donors (Lipinski definition) is 0. The van der Waals surface area contributed by atoms with Gasteiger partial charge in [-0.05, 0) is 26.3 Å². The normalized spacial score (nSPS) is 20.2. The van der Waals surface area contributed by atoms with Crippen LogP contribution in [0.1, 0.15) is 33.6 Å². The largest absolute Gasteiger partial charge is 0.418 e. The highest BCUT2D eigenvalue weighted by atomic mass is 16.5. The van der Waals surface area contributed by atoms with E-state index < -0.39 is 0 Å². The van der Waals surface area contributed by atoms with Crippen LogP contribution in [0.4, 0.5) is 4.79 Å². The highest BCUT2D eigenvalue weighted by Crippen LogP contribution is 2.21. The van der Waals surface area contributed by atoms with Crippen molar-refractivity contribution in [1.82, 2.24) is 4.90 Å². The number of hydrogen-bond acceptors (Lipinski definition) is 2. The zero-order chi connectivity index (χ0) is 9.90. The van der Waals surface area contributed by atoms with E-state index in [-0.39, 0.29) is 11.6 Å². The molecule has 1 aliphatic heterocycles. The Kier molecular flexibility index (Phi) is 2.96. The van der Waals surface area contributed by atoms with Crippen molar-refractivity contribution >= 4 is 6.09 Å². The monoisotopic (exact) mass is 183 g/mol. The molecule has 1 heterocycles. The first-order valence-corrected chi connectivity index (χ1v) is 4.74. The minimum Gasteiger partial charge on any atom is -0.418 e. The van der Waals surface area contributed by atoms with E-state index >= 15 is 0 Å². The first-order valence-electron chi connectivity index (χ1n) is 4.74. The van der Waals surface area contributed by atoms with Gasteiger partial charge < -0.3 is 4.74 Å². The van der Waals surface area contributed by atoms with E-state index in [1.807, 2.05) is 19.9 Å². The number of rotatable bonds is 3. The van der Waals surface area contributed by atoms with Crippen molar-refractivity contribution in [2.24, 2.45) is 0 Å². The quantitative estimate of drug-likeness (QED) is 0.673. The van der Waals surface area contributed by atoms with Gasteiger partial charge in [0, 0.05) is 6.54 Å². The molecule has 0 fully saturated rings. The lowest BCUT2D eigenvalue weighted by atomic mass is 10.0. The molecule has 0 N–H and O–H groups in total. The summed E-state index contributed by atoms with van der Waals surface area (Å²) < 4.78 is 4.83. The zero-order valence-corrected chi connectivity index (χ0v) is 8.54. The predicted molar refractivity (Wildman–Crippen MR) is 51.3 cm³/mol. The van der Waals surface area contributed by atoms with Crippen LogP contribution in [0.25, 0.3) is 0 Å². The maximum Gasteiger partial charge on any atom is 0.415 e. The molecule has 0 aromatic rings. The van der Waals surface area contributed by atoms with Crippen LogP contribution < -0.4 is 0 Å². The van der Waals surface area contributed by atoms with Gasteiger partial charge in [0.15, 0.2) is 0 Å². The van der Waals surface area contributed by atoms with Crippen molar-refractivity contribution in [1.29, 1.82) is 0 Å². The lowest BCUT2D eigenvalue weighted by Gasteiger charge is -2.37. The van der Waals surface area contributed by atoms with Crippen molar-refractivity contribution in [3.8, 4) is 0 Å². The molecule has 0 aliphatic carbocycles. The SMILES string of the molecule is CCCCN1C(=O)OC=CC1(C)C. The van der Waals surface area contributed by atoms with Crippen LogP contribution in [0.5, 0.6) is 0 Å². The topological polar surface area (TPSA) is 29.5 Å². The Morgan fingerprint density at radius 1 is 1.54 bits per heavy atom. The number of nitrogens with zero attached hydrogens (tertiary/aromatic N) is 1. The molecule has 1 aliphatic rings. The lowest BCUT2D eigenvalue weighted by molar-refractivity contribution is 0.0891. The zero-order valence-electron chi connectivity index (χ0n) is 8.54. The minimum absolute atomic E-state index is 0.204. The third-order valence-electron chi connectivity index (χ3n) is 2.30. The minimum atomic E-state index is -0.235. The van der Waals surface area contributed by atoms with E-state index in [4.69, 9.17) is 4.74 Å². The summed E-state index contributed by atoms with van der Waals surface area (Å²) in [5, 5.41) is 0. The Balaban J connectivity index is 2.67. The van der Waals surface area contributed by atoms with Gasteiger partial charge in [-0.15, -0.1) is 0 Å². The Hall–Kier alpha value is -0.990. The summed E-state index contributed by atoms with van der Waals surface area (Å²) in [6, 6.07) is 0. The molecule has 0 spiro atoms. The molecule has 0 aromatic heterocycles. The number of amides is 1. The van der Waals surface area contributed by atoms with E-state index in [1.54, 1.807) is 4.90 Å². The van der Waals surface area contributed by atoms with Crippen molar-refractivity contribution < 1.29 is 9.53 Å². The molecule has 0 atom stereocenters. The fourth-order valence-corrected chi connectivity index (χ4v) is 1.34. The van der Waals surface area contributed by atoms with Crippen molar-refractivity contribution in [2.75, 3.05) is 6.54 Å². The van der Waals surface area contributed by atoms with Crippen LogP contribution in [-0.2, 0) is 4.74 Å². The smallest absolute Gasteiger partial charge is 0.415 e. The van der Waals surface area contributed by atoms with E-state index in [0.717, 1.165) is 19.4 Å². The molecule has 0 radical (unpaired) electrons. The Morgan fingerprint density at radius 2 is 2.23 bits per heavy atom. The number of carbonyl (C=O) groups excluding carboxylic acids is 1. The fourth-order valence-electron chi connectivity index (χ4n) is 1.34. The van der Waals surface area contributed by atoms with E-state index in [2.05, 4.69) is 6.92 Å². The van der Waals surface area contributed by atoms with Gasteiger partial charge in [-0.25, -0.2) is 4.79 Å². The summed E-state index contributed by atoms with van der Waals surface area (Å²) in [6.07, 6.45) is 5.26. The second-order valence-corrected chi connectivity index (χ2v) is 3.85. The maximum atomic E-state index is 11.4. The molecule has 3 heteroatoms. The lowest BCUT2D eigenvalue weighted by Crippen LogP contribution is -2.48. The number of carbonyl (C=O) groups is 1. The van der Waals surface area contributed by atoms with Gasteiger partial charge in [0.1, 0.15) is 0 Å². The van der Waals surface area contributed by atoms with Gasteiger partial charge in [-0.1, -0.05) is 13.3 Å². The number of unbranched alkanes of at least 4 members (excludes halogenated alkanes) is 1. The van der Waals surface area contributed by atoms with Crippen LogP contribution in [0.2, 0.25) is 0 Å². The highest BCUT2D eigenvalue weighted by Gasteiger charge is 2.31. The van der Waals surface area contributed by atoms with Gasteiger partial charge in [0.05, 0.1) is 11.8 Å². The van der Waals surface area contributed by atoms with E-state index in [9.17, 15) is 4.79 Å². The number of cyclic esters (lactones) is 1. The summed E-state index contributed by atoms with van der Waals surface area (Å²) in [7, 11) is 0. The van der Waals surface area contributed by atoms with Crippen molar-refractivity contribution in [2.45, 2.75) is 39.2 Å². The summed E-state index contributed by atoms with van der Waals surface area (Å²) >= 11 is 0. The van der Waals surface area contributed by atoms with Gasteiger partial charge in [0.2, 0.25) is 0 Å². The fraction of sp³-hybridized carbons (Fsp3) is 0.700.